The van der Waals surface area contributed by atoms with E-state index in [1.165, 1.54) is 37.1 Å². The number of likely N-dealkylation sites (tertiary alicyclic amines) is 1. The monoisotopic (exact) mass is 413 g/mol. The zero-order valence-corrected chi connectivity index (χ0v) is 17.7. The van der Waals surface area contributed by atoms with Gasteiger partial charge in [0.1, 0.15) is 5.75 Å². The van der Waals surface area contributed by atoms with Gasteiger partial charge >= 0.3 is 6.03 Å². The Labute approximate surface area is 178 Å². The second kappa shape index (κ2) is 12.5. The predicted octanol–water partition coefficient (Wildman–Crippen LogP) is 3.33. The maximum atomic E-state index is 12.5. The van der Waals surface area contributed by atoms with Crippen molar-refractivity contribution >= 4 is 12.5 Å². The molecule has 2 aromatic rings. The largest absolute Gasteiger partial charge is 0.497 e. The summed E-state index contributed by atoms with van der Waals surface area (Å²) in [6, 6.07) is 16.1. The van der Waals surface area contributed by atoms with Gasteiger partial charge in [0.2, 0.25) is 0 Å². The molecule has 0 atom stereocenters. The maximum Gasteiger partial charge on any atom is 0.317 e. The first kappa shape index (κ1) is 23.2. The molecule has 1 heterocycles. The third kappa shape index (κ3) is 7.40. The lowest BCUT2D eigenvalue weighted by Crippen LogP contribution is -2.36. The van der Waals surface area contributed by atoms with E-state index in [2.05, 4.69) is 28.4 Å². The van der Waals surface area contributed by atoms with Crippen LogP contribution in [-0.2, 0) is 24.4 Å². The maximum absolute atomic E-state index is 12.5. The number of amides is 2. The number of hydrogen-bond donors (Lipinski definition) is 2. The van der Waals surface area contributed by atoms with E-state index in [0.29, 0.717) is 13.1 Å². The van der Waals surface area contributed by atoms with Crippen LogP contribution in [0.2, 0.25) is 0 Å². The van der Waals surface area contributed by atoms with Crippen LogP contribution in [0, 0.1) is 0 Å². The average molecular weight is 414 g/mol. The molecular weight excluding hydrogens is 382 g/mol. The van der Waals surface area contributed by atoms with Gasteiger partial charge in [-0.2, -0.15) is 0 Å². The Bertz CT molecular complexity index is 807. The number of urea groups is 1. The van der Waals surface area contributed by atoms with Crippen molar-refractivity contribution < 1.29 is 19.4 Å². The molecule has 0 spiro atoms. The highest BCUT2D eigenvalue weighted by molar-refractivity contribution is 5.73. The lowest BCUT2D eigenvalue weighted by Gasteiger charge is -2.22. The molecule has 0 bridgehead atoms. The van der Waals surface area contributed by atoms with Crippen molar-refractivity contribution in [2.24, 2.45) is 0 Å². The standard InChI is InChI=1S/C22H29N3O2.CH2O2/c1-24(22(26)23-15-18-8-7-11-21(14-18)27-2)16-19-9-3-4-10-20(19)17-25-12-5-6-13-25;2-1-3/h3-4,7-11,14H,5-6,12-13,15-17H2,1-2H3,(H,23,26);1H,(H,2,3). The number of hydrogen-bond acceptors (Lipinski definition) is 4. The molecular formula is C23H31N3O4. The normalized spacial score (nSPS) is 13.1. The Morgan fingerprint density at radius 3 is 2.50 bits per heavy atom. The summed E-state index contributed by atoms with van der Waals surface area (Å²) in [5, 5.41) is 9.87. The molecule has 2 amide bonds. The quantitative estimate of drug-likeness (QED) is 0.681. The van der Waals surface area contributed by atoms with Gasteiger partial charge in [-0.15, -0.1) is 0 Å². The summed E-state index contributed by atoms with van der Waals surface area (Å²) in [5.74, 6) is 0.797. The topological polar surface area (TPSA) is 82.1 Å². The lowest BCUT2D eigenvalue weighted by atomic mass is 10.1. The smallest absolute Gasteiger partial charge is 0.317 e. The summed E-state index contributed by atoms with van der Waals surface area (Å²) < 4.78 is 5.23. The van der Waals surface area contributed by atoms with Crippen molar-refractivity contribution in [3.8, 4) is 5.75 Å². The van der Waals surface area contributed by atoms with Crippen molar-refractivity contribution in [2.45, 2.75) is 32.5 Å². The minimum Gasteiger partial charge on any atom is -0.497 e. The van der Waals surface area contributed by atoms with Gasteiger partial charge in [-0.25, -0.2) is 4.79 Å². The summed E-state index contributed by atoms with van der Waals surface area (Å²) in [6.45, 7) is 4.15. The van der Waals surface area contributed by atoms with Crippen LogP contribution in [-0.4, -0.2) is 54.7 Å². The molecule has 1 fully saturated rings. The molecule has 7 nitrogen and oxygen atoms in total. The minimum absolute atomic E-state index is 0.0752. The number of nitrogens with zero attached hydrogens (tertiary/aromatic N) is 2. The zero-order chi connectivity index (χ0) is 21.8. The van der Waals surface area contributed by atoms with E-state index >= 15 is 0 Å². The van der Waals surface area contributed by atoms with Gasteiger partial charge in [0.15, 0.2) is 0 Å². The summed E-state index contributed by atoms with van der Waals surface area (Å²) in [6.07, 6.45) is 2.57. The average Bonchev–Trinajstić information content (AvgIpc) is 3.27. The Hall–Kier alpha value is -3.06. The number of methoxy groups -OCH3 is 1. The Morgan fingerprint density at radius 2 is 1.83 bits per heavy atom. The highest BCUT2D eigenvalue weighted by Gasteiger charge is 2.15. The number of carboxylic acid groups (broad SMARTS) is 1. The number of rotatable bonds is 7. The Kier molecular flexibility index (Phi) is 9.67. The van der Waals surface area contributed by atoms with Crippen LogP contribution in [0.5, 0.6) is 5.75 Å². The minimum atomic E-state index is -0.250. The molecule has 0 unspecified atom stereocenters. The summed E-state index contributed by atoms with van der Waals surface area (Å²) in [4.78, 5) is 25.1. The van der Waals surface area contributed by atoms with Crippen molar-refractivity contribution in [2.75, 3.05) is 27.2 Å². The SMILES string of the molecule is COc1cccc(CNC(=O)N(C)Cc2ccccc2CN2CCCC2)c1.O=CO. The summed E-state index contributed by atoms with van der Waals surface area (Å²) in [7, 11) is 3.48. The van der Waals surface area contributed by atoms with E-state index in [1.54, 1.807) is 12.0 Å². The van der Waals surface area contributed by atoms with Crippen LogP contribution in [0.25, 0.3) is 0 Å². The van der Waals surface area contributed by atoms with Gasteiger partial charge in [0.05, 0.1) is 7.11 Å². The van der Waals surface area contributed by atoms with Crippen molar-refractivity contribution in [1.29, 1.82) is 0 Å². The van der Waals surface area contributed by atoms with E-state index in [-0.39, 0.29) is 12.5 Å². The van der Waals surface area contributed by atoms with Crippen LogP contribution in [0.15, 0.2) is 48.5 Å². The molecule has 1 aliphatic rings. The molecule has 0 radical (unpaired) electrons. The number of nitrogens with one attached hydrogen (secondary N) is 1. The Balaban J connectivity index is 0.00000101. The van der Waals surface area contributed by atoms with Crippen molar-refractivity contribution in [1.82, 2.24) is 15.1 Å². The van der Waals surface area contributed by atoms with Crippen LogP contribution in [0.3, 0.4) is 0 Å². The number of ether oxygens (including phenoxy) is 1. The van der Waals surface area contributed by atoms with E-state index in [1.807, 2.05) is 37.4 Å². The van der Waals surface area contributed by atoms with E-state index in [9.17, 15) is 4.79 Å². The van der Waals surface area contributed by atoms with Crippen LogP contribution < -0.4 is 10.1 Å². The zero-order valence-electron chi connectivity index (χ0n) is 17.7. The molecule has 1 aliphatic heterocycles. The predicted molar refractivity (Wildman–Crippen MR) is 116 cm³/mol. The number of carbonyl (C=O) groups excluding carboxylic acids is 1. The fraction of sp³-hybridized carbons (Fsp3) is 0.391. The van der Waals surface area contributed by atoms with Gasteiger partial charge in [-0.1, -0.05) is 36.4 Å². The van der Waals surface area contributed by atoms with Crippen LogP contribution in [0.4, 0.5) is 4.79 Å². The second-order valence-electron chi connectivity index (χ2n) is 7.22. The summed E-state index contributed by atoms with van der Waals surface area (Å²) >= 11 is 0. The van der Waals surface area contributed by atoms with E-state index < -0.39 is 0 Å². The van der Waals surface area contributed by atoms with E-state index in [0.717, 1.165) is 17.9 Å². The molecule has 2 aromatic carbocycles. The van der Waals surface area contributed by atoms with Gasteiger partial charge in [0.25, 0.3) is 6.47 Å². The second-order valence-corrected chi connectivity index (χ2v) is 7.22. The van der Waals surface area contributed by atoms with Crippen LogP contribution >= 0.6 is 0 Å². The van der Waals surface area contributed by atoms with Gasteiger partial charge < -0.3 is 20.1 Å². The third-order valence-electron chi connectivity index (χ3n) is 5.04. The van der Waals surface area contributed by atoms with Crippen molar-refractivity contribution in [3.05, 3.63) is 65.2 Å². The number of carbonyl (C=O) groups is 2. The molecule has 30 heavy (non-hydrogen) atoms. The van der Waals surface area contributed by atoms with Crippen molar-refractivity contribution in [3.63, 3.8) is 0 Å². The molecule has 3 rings (SSSR count). The summed E-state index contributed by atoms with van der Waals surface area (Å²) in [5.41, 5.74) is 3.54. The molecule has 0 saturated carbocycles. The molecule has 0 aliphatic carbocycles. The molecule has 7 heteroatoms. The van der Waals surface area contributed by atoms with Gasteiger partial charge in [-0.05, 0) is 54.8 Å². The Morgan fingerprint density at radius 1 is 1.17 bits per heavy atom. The highest BCUT2D eigenvalue weighted by atomic mass is 16.5. The van der Waals surface area contributed by atoms with Gasteiger partial charge in [0, 0.05) is 26.7 Å². The van der Waals surface area contributed by atoms with Crippen LogP contribution in [0.1, 0.15) is 29.5 Å². The van der Waals surface area contributed by atoms with E-state index in [4.69, 9.17) is 14.6 Å². The molecule has 1 saturated heterocycles. The first-order valence-corrected chi connectivity index (χ1v) is 10.1. The number of benzene rings is 2. The third-order valence-corrected chi connectivity index (χ3v) is 5.04. The lowest BCUT2D eigenvalue weighted by molar-refractivity contribution is -0.122. The first-order chi connectivity index (χ1) is 14.6. The molecule has 2 N–H and O–H groups in total. The molecule has 162 valence electrons. The first-order valence-electron chi connectivity index (χ1n) is 10.1. The highest BCUT2D eigenvalue weighted by Crippen LogP contribution is 2.17. The van der Waals surface area contributed by atoms with Gasteiger partial charge in [-0.3, -0.25) is 9.69 Å². The fourth-order valence-corrected chi connectivity index (χ4v) is 3.47. The fourth-order valence-electron chi connectivity index (χ4n) is 3.47. The molecule has 0 aromatic heterocycles.